The van der Waals surface area contributed by atoms with Crippen molar-refractivity contribution in [1.29, 1.82) is 0 Å². The van der Waals surface area contributed by atoms with Crippen LogP contribution in [0.3, 0.4) is 0 Å². The molecular formula is C20H28N4O. The average molecular weight is 340 g/mol. The fourth-order valence-corrected chi connectivity index (χ4v) is 2.86. The Bertz CT molecular complexity index is 691. The molecule has 0 fully saturated rings. The van der Waals surface area contributed by atoms with Crippen LogP contribution in [0.5, 0.6) is 0 Å². The lowest BCUT2D eigenvalue weighted by Crippen LogP contribution is -2.26. The van der Waals surface area contributed by atoms with E-state index in [1.54, 1.807) is 12.4 Å². The number of amides is 1. The molecule has 134 valence electrons. The average Bonchev–Trinajstić information content (AvgIpc) is 2.63. The number of nitrogens with one attached hydrogen (secondary N) is 1. The standard InChI is InChI=1S/C20H28N4O/c1-5-11-24(12-6-2)18-14-21-17(13-22-18)20(25)23-19-15(4)9-8-10-16(19)7-3/h8-10,13-14H,5-7,11-12H2,1-4H3,(H,23,25). The van der Waals surface area contributed by atoms with Gasteiger partial charge in [0, 0.05) is 18.8 Å². The van der Waals surface area contributed by atoms with Crippen molar-refractivity contribution in [1.82, 2.24) is 9.97 Å². The normalized spacial score (nSPS) is 10.6. The Kier molecular flexibility index (Phi) is 6.92. The van der Waals surface area contributed by atoms with E-state index in [0.717, 1.165) is 55.0 Å². The monoisotopic (exact) mass is 340 g/mol. The summed E-state index contributed by atoms with van der Waals surface area (Å²) in [4.78, 5) is 23.5. The van der Waals surface area contributed by atoms with Crippen molar-refractivity contribution in [2.45, 2.75) is 47.0 Å². The first-order chi connectivity index (χ1) is 12.1. The number of nitrogens with zero attached hydrogens (tertiary/aromatic N) is 3. The van der Waals surface area contributed by atoms with Crippen LogP contribution in [0.4, 0.5) is 11.5 Å². The minimum absolute atomic E-state index is 0.222. The molecule has 1 N–H and O–H groups in total. The highest BCUT2D eigenvalue weighted by Crippen LogP contribution is 2.21. The number of carbonyl (C=O) groups excluding carboxylic acids is 1. The molecule has 5 heteroatoms. The van der Waals surface area contributed by atoms with Crippen molar-refractivity contribution in [2.75, 3.05) is 23.3 Å². The van der Waals surface area contributed by atoms with Gasteiger partial charge in [0.15, 0.2) is 0 Å². The molecule has 5 nitrogen and oxygen atoms in total. The molecule has 0 spiro atoms. The van der Waals surface area contributed by atoms with E-state index in [1.807, 2.05) is 25.1 Å². The van der Waals surface area contributed by atoms with Crippen molar-refractivity contribution in [3.05, 3.63) is 47.4 Å². The maximum absolute atomic E-state index is 12.5. The molecule has 1 amide bonds. The molecule has 2 rings (SSSR count). The highest BCUT2D eigenvalue weighted by molar-refractivity contribution is 6.03. The molecular weight excluding hydrogens is 312 g/mol. The van der Waals surface area contributed by atoms with E-state index in [4.69, 9.17) is 0 Å². The van der Waals surface area contributed by atoms with Crippen LogP contribution >= 0.6 is 0 Å². The zero-order valence-electron chi connectivity index (χ0n) is 15.7. The second-order valence-electron chi connectivity index (χ2n) is 6.16. The minimum Gasteiger partial charge on any atom is -0.355 e. The third kappa shape index (κ3) is 4.78. The molecule has 0 bridgehead atoms. The summed E-state index contributed by atoms with van der Waals surface area (Å²) < 4.78 is 0. The van der Waals surface area contributed by atoms with Crippen LogP contribution in [0, 0.1) is 6.92 Å². The zero-order chi connectivity index (χ0) is 18.2. The number of anilines is 2. The molecule has 0 radical (unpaired) electrons. The second-order valence-corrected chi connectivity index (χ2v) is 6.16. The van der Waals surface area contributed by atoms with Gasteiger partial charge >= 0.3 is 0 Å². The highest BCUT2D eigenvalue weighted by atomic mass is 16.1. The Morgan fingerprint density at radius 2 is 1.80 bits per heavy atom. The Balaban J connectivity index is 2.15. The van der Waals surface area contributed by atoms with E-state index in [9.17, 15) is 4.79 Å². The Morgan fingerprint density at radius 3 is 2.36 bits per heavy atom. The third-order valence-electron chi connectivity index (χ3n) is 4.16. The Morgan fingerprint density at radius 1 is 1.08 bits per heavy atom. The quantitative estimate of drug-likeness (QED) is 0.781. The summed E-state index contributed by atoms with van der Waals surface area (Å²) in [5.74, 6) is 0.603. The van der Waals surface area contributed by atoms with Gasteiger partial charge in [0.05, 0.1) is 12.4 Å². The number of hydrogen-bond donors (Lipinski definition) is 1. The summed E-state index contributed by atoms with van der Waals surface area (Å²) in [6, 6.07) is 6.04. The predicted molar refractivity (Wildman–Crippen MR) is 103 cm³/mol. The van der Waals surface area contributed by atoms with E-state index in [-0.39, 0.29) is 5.91 Å². The van der Waals surface area contributed by atoms with Crippen molar-refractivity contribution >= 4 is 17.4 Å². The summed E-state index contributed by atoms with van der Waals surface area (Å²) in [6.07, 6.45) is 6.23. The molecule has 1 aromatic carbocycles. The number of hydrogen-bond acceptors (Lipinski definition) is 4. The lowest BCUT2D eigenvalue weighted by atomic mass is 10.1. The van der Waals surface area contributed by atoms with Crippen LogP contribution in [0.15, 0.2) is 30.6 Å². The van der Waals surface area contributed by atoms with E-state index < -0.39 is 0 Å². The van der Waals surface area contributed by atoms with Gasteiger partial charge < -0.3 is 10.2 Å². The van der Waals surface area contributed by atoms with Crippen LogP contribution in [0.2, 0.25) is 0 Å². The van der Waals surface area contributed by atoms with Crippen molar-refractivity contribution in [2.24, 2.45) is 0 Å². The molecule has 0 unspecified atom stereocenters. The van der Waals surface area contributed by atoms with Gasteiger partial charge in [-0.15, -0.1) is 0 Å². The molecule has 0 aliphatic heterocycles. The Hall–Kier alpha value is -2.43. The van der Waals surface area contributed by atoms with Crippen LogP contribution in [0.1, 0.15) is 55.2 Å². The van der Waals surface area contributed by atoms with Gasteiger partial charge in [-0.05, 0) is 37.3 Å². The number of carbonyl (C=O) groups is 1. The van der Waals surface area contributed by atoms with Gasteiger partial charge in [-0.25, -0.2) is 9.97 Å². The highest BCUT2D eigenvalue weighted by Gasteiger charge is 2.13. The Labute approximate surface area is 150 Å². The van der Waals surface area contributed by atoms with E-state index in [0.29, 0.717) is 5.69 Å². The summed E-state index contributed by atoms with van der Waals surface area (Å²) in [6.45, 7) is 10.2. The fraction of sp³-hybridized carbons (Fsp3) is 0.450. The second kappa shape index (κ2) is 9.16. The number of benzene rings is 1. The van der Waals surface area contributed by atoms with Crippen molar-refractivity contribution < 1.29 is 4.79 Å². The van der Waals surface area contributed by atoms with Gasteiger partial charge in [0.2, 0.25) is 0 Å². The number of aromatic nitrogens is 2. The van der Waals surface area contributed by atoms with Crippen LogP contribution in [-0.4, -0.2) is 29.0 Å². The predicted octanol–water partition coefficient (Wildman–Crippen LogP) is 4.23. The van der Waals surface area contributed by atoms with Gasteiger partial charge in [0.25, 0.3) is 5.91 Å². The first kappa shape index (κ1) is 18.9. The SMILES string of the molecule is CCCN(CCC)c1cnc(C(=O)Nc2c(C)cccc2CC)cn1. The molecule has 0 atom stereocenters. The number of rotatable bonds is 8. The fourth-order valence-electron chi connectivity index (χ4n) is 2.86. The van der Waals surface area contributed by atoms with Crippen LogP contribution in [-0.2, 0) is 6.42 Å². The van der Waals surface area contributed by atoms with Crippen molar-refractivity contribution in [3.63, 3.8) is 0 Å². The maximum atomic E-state index is 12.5. The first-order valence-corrected chi connectivity index (χ1v) is 9.07. The van der Waals surface area contributed by atoms with Gasteiger partial charge in [0.1, 0.15) is 11.5 Å². The van der Waals surface area contributed by atoms with E-state index >= 15 is 0 Å². The number of para-hydroxylation sites is 1. The summed E-state index contributed by atoms with van der Waals surface area (Å²) in [5.41, 5.74) is 3.38. The molecule has 0 saturated carbocycles. The zero-order valence-corrected chi connectivity index (χ0v) is 15.7. The maximum Gasteiger partial charge on any atom is 0.275 e. The van der Waals surface area contributed by atoms with E-state index in [2.05, 4.69) is 41.0 Å². The van der Waals surface area contributed by atoms with Gasteiger partial charge in [-0.1, -0.05) is 39.0 Å². The summed E-state index contributed by atoms with van der Waals surface area (Å²) in [7, 11) is 0. The van der Waals surface area contributed by atoms with Crippen molar-refractivity contribution in [3.8, 4) is 0 Å². The molecule has 0 aliphatic rings. The third-order valence-corrected chi connectivity index (χ3v) is 4.16. The lowest BCUT2D eigenvalue weighted by molar-refractivity contribution is 0.102. The van der Waals surface area contributed by atoms with Gasteiger partial charge in [-0.3, -0.25) is 4.79 Å². The topological polar surface area (TPSA) is 58.1 Å². The molecule has 1 aromatic heterocycles. The summed E-state index contributed by atoms with van der Waals surface area (Å²) in [5, 5.41) is 2.99. The van der Waals surface area contributed by atoms with Gasteiger partial charge in [-0.2, -0.15) is 0 Å². The largest absolute Gasteiger partial charge is 0.355 e. The molecule has 2 aromatic rings. The minimum atomic E-state index is -0.222. The number of aryl methyl sites for hydroxylation is 2. The molecule has 0 saturated heterocycles. The van der Waals surface area contributed by atoms with Crippen LogP contribution < -0.4 is 10.2 Å². The first-order valence-electron chi connectivity index (χ1n) is 9.07. The molecule has 25 heavy (non-hydrogen) atoms. The smallest absolute Gasteiger partial charge is 0.275 e. The summed E-state index contributed by atoms with van der Waals surface area (Å²) >= 11 is 0. The lowest BCUT2D eigenvalue weighted by Gasteiger charge is -2.22. The molecule has 0 aliphatic carbocycles. The van der Waals surface area contributed by atoms with E-state index in [1.165, 1.54) is 0 Å². The molecule has 1 heterocycles. The van der Waals surface area contributed by atoms with Crippen LogP contribution in [0.25, 0.3) is 0 Å².